The molecular weight excluding hydrogens is 361 g/mol. The molecule has 1 atom stereocenters. The molecule has 0 radical (unpaired) electrons. The van der Waals surface area contributed by atoms with E-state index in [9.17, 15) is 4.79 Å². The van der Waals surface area contributed by atoms with Gasteiger partial charge in [-0.3, -0.25) is 0 Å². The third-order valence-electron chi connectivity index (χ3n) is 4.39. The van der Waals surface area contributed by atoms with E-state index >= 15 is 0 Å². The summed E-state index contributed by atoms with van der Waals surface area (Å²) in [5.74, 6) is 0.748. The molecule has 3 rings (SSSR count). The number of ether oxygens (including phenoxy) is 2. The Bertz CT molecular complexity index is 745. The van der Waals surface area contributed by atoms with Gasteiger partial charge in [0.15, 0.2) is 0 Å². The predicted octanol–water partition coefficient (Wildman–Crippen LogP) is 3.95. The summed E-state index contributed by atoms with van der Waals surface area (Å²) in [7, 11) is 0. The second kappa shape index (κ2) is 7.75. The van der Waals surface area contributed by atoms with Gasteiger partial charge in [-0.05, 0) is 35.4 Å². The largest absolute Gasteiger partial charge is 0.490 e. The maximum atomic E-state index is 11.8. The predicted molar refractivity (Wildman–Crippen MR) is 98.4 cm³/mol. The van der Waals surface area contributed by atoms with Gasteiger partial charge in [0, 0.05) is 12.8 Å². The lowest BCUT2D eigenvalue weighted by atomic mass is 9.85. The minimum atomic E-state index is -1.30. The van der Waals surface area contributed by atoms with Crippen LogP contribution in [-0.2, 0) is 15.1 Å². The van der Waals surface area contributed by atoms with Crippen LogP contribution in [0.25, 0.3) is 0 Å². The topological polar surface area (TPSA) is 61.6 Å². The van der Waals surface area contributed by atoms with E-state index in [1.165, 1.54) is 0 Å². The van der Waals surface area contributed by atoms with Gasteiger partial charge >= 0.3 is 0 Å². The fourth-order valence-electron chi connectivity index (χ4n) is 2.85. The molecule has 1 saturated heterocycles. The zero-order valence-corrected chi connectivity index (χ0v) is 15.1. The normalized spacial score (nSPS) is 17.7. The van der Waals surface area contributed by atoms with Crippen molar-refractivity contribution in [2.75, 3.05) is 13.2 Å². The van der Waals surface area contributed by atoms with E-state index in [0.717, 1.165) is 31.8 Å². The minimum Gasteiger partial charge on any atom is -0.490 e. The summed E-state index contributed by atoms with van der Waals surface area (Å²) in [5, 5.41) is 0.772. The van der Waals surface area contributed by atoms with Crippen LogP contribution in [0.2, 0.25) is 10.0 Å². The standard InChI is InChI=1S/C19H19Cl2NO3/c20-17-6-3-14(11-18(17)21)19(22,12-23)13-1-4-15(5-2-13)25-16-7-9-24-10-8-16/h1-6,11-12,16H,7-10,22H2. The number of nitrogens with two attached hydrogens (primary N) is 1. The molecule has 132 valence electrons. The molecule has 4 nitrogen and oxygen atoms in total. The van der Waals surface area contributed by atoms with Gasteiger partial charge in [-0.1, -0.05) is 41.4 Å². The van der Waals surface area contributed by atoms with E-state index in [4.69, 9.17) is 38.4 Å². The SMILES string of the molecule is NC(C=O)(c1ccc(OC2CCOCC2)cc1)c1ccc(Cl)c(Cl)c1. The van der Waals surface area contributed by atoms with E-state index in [2.05, 4.69) is 0 Å². The van der Waals surface area contributed by atoms with Gasteiger partial charge in [-0.15, -0.1) is 0 Å². The van der Waals surface area contributed by atoms with Crippen LogP contribution in [0.1, 0.15) is 24.0 Å². The number of hydrogen-bond acceptors (Lipinski definition) is 4. The smallest absolute Gasteiger partial charge is 0.148 e. The van der Waals surface area contributed by atoms with Crippen molar-refractivity contribution in [2.45, 2.75) is 24.5 Å². The second-order valence-electron chi connectivity index (χ2n) is 6.07. The van der Waals surface area contributed by atoms with Crippen molar-refractivity contribution in [1.82, 2.24) is 0 Å². The molecule has 25 heavy (non-hydrogen) atoms. The molecule has 0 saturated carbocycles. The minimum absolute atomic E-state index is 0.156. The molecule has 1 aliphatic heterocycles. The quantitative estimate of drug-likeness (QED) is 0.798. The molecule has 0 amide bonds. The van der Waals surface area contributed by atoms with Crippen LogP contribution < -0.4 is 10.5 Å². The van der Waals surface area contributed by atoms with E-state index < -0.39 is 5.54 Å². The lowest BCUT2D eigenvalue weighted by Crippen LogP contribution is -2.39. The lowest BCUT2D eigenvalue weighted by molar-refractivity contribution is -0.111. The summed E-state index contributed by atoms with van der Waals surface area (Å²) in [4.78, 5) is 11.8. The highest BCUT2D eigenvalue weighted by molar-refractivity contribution is 6.42. The first-order valence-electron chi connectivity index (χ1n) is 8.08. The molecule has 2 aromatic rings. The Kier molecular flexibility index (Phi) is 5.64. The highest BCUT2D eigenvalue weighted by Gasteiger charge is 2.30. The first-order chi connectivity index (χ1) is 12.0. The molecule has 1 fully saturated rings. The molecule has 1 aliphatic rings. The zero-order chi connectivity index (χ0) is 17.9. The van der Waals surface area contributed by atoms with Crippen LogP contribution in [0.5, 0.6) is 5.75 Å². The van der Waals surface area contributed by atoms with Crippen molar-refractivity contribution >= 4 is 29.5 Å². The molecule has 0 aliphatic carbocycles. The third-order valence-corrected chi connectivity index (χ3v) is 5.13. The fourth-order valence-corrected chi connectivity index (χ4v) is 3.15. The van der Waals surface area contributed by atoms with E-state index in [1.807, 2.05) is 12.1 Å². The number of hydrogen-bond donors (Lipinski definition) is 1. The molecule has 1 heterocycles. The van der Waals surface area contributed by atoms with Gasteiger partial charge in [-0.25, -0.2) is 0 Å². The van der Waals surface area contributed by atoms with Crippen LogP contribution in [-0.4, -0.2) is 25.6 Å². The van der Waals surface area contributed by atoms with Gasteiger partial charge in [0.1, 0.15) is 23.7 Å². The van der Waals surface area contributed by atoms with Crippen LogP contribution >= 0.6 is 23.2 Å². The third kappa shape index (κ3) is 3.98. The summed E-state index contributed by atoms with van der Waals surface area (Å²) in [6, 6.07) is 12.2. The molecule has 1 unspecified atom stereocenters. The van der Waals surface area contributed by atoms with Crippen molar-refractivity contribution in [3.63, 3.8) is 0 Å². The first kappa shape index (κ1) is 18.2. The van der Waals surface area contributed by atoms with Crippen LogP contribution in [0.15, 0.2) is 42.5 Å². The highest BCUT2D eigenvalue weighted by atomic mass is 35.5. The number of carbonyl (C=O) groups is 1. The summed E-state index contributed by atoms with van der Waals surface area (Å²) in [6.07, 6.45) is 2.62. The van der Waals surface area contributed by atoms with Gasteiger partial charge in [0.25, 0.3) is 0 Å². The van der Waals surface area contributed by atoms with Crippen molar-refractivity contribution in [2.24, 2.45) is 5.73 Å². The van der Waals surface area contributed by atoms with Gasteiger partial charge in [-0.2, -0.15) is 0 Å². The zero-order valence-electron chi connectivity index (χ0n) is 13.6. The number of benzene rings is 2. The summed E-state index contributed by atoms with van der Waals surface area (Å²) < 4.78 is 11.3. The number of rotatable bonds is 5. The van der Waals surface area contributed by atoms with Gasteiger partial charge in [0.05, 0.1) is 23.3 Å². The van der Waals surface area contributed by atoms with Crippen molar-refractivity contribution in [3.8, 4) is 5.75 Å². The summed E-state index contributed by atoms with van der Waals surface area (Å²) in [5.41, 5.74) is 6.30. The Morgan fingerprint density at radius 2 is 1.68 bits per heavy atom. The van der Waals surface area contributed by atoms with E-state index in [0.29, 0.717) is 27.5 Å². The fraction of sp³-hybridized carbons (Fsp3) is 0.316. The highest BCUT2D eigenvalue weighted by Crippen LogP contribution is 2.31. The van der Waals surface area contributed by atoms with Crippen LogP contribution in [0.4, 0.5) is 0 Å². The Morgan fingerprint density at radius 3 is 2.28 bits per heavy atom. The first-order valence-corrected chi connectivity index (χ1v) is 8.84. The summed E-state index contributed by atoms with van der Waals surface area (Å²) in [6.45, 7) is 1.44. The molecule has 2 N–H and O–H groups in total. The maximum absolute atomic E-state index is 11.8. The van der Waals surface area contributed by atoms with Crippen LogP contribution in [0.3, 0.4) is 0 Å². The average molecular weight is 380 g/mol. The van der Waals surface area contributed by atoms with Crippen LogP contribution in [0, 0.1) is 0 Å². The lowest BCUT2D eigenvalue weighted by Gasteiger charge is -2.26. The van der Waals surface area contributed by atoms with Gasteiger partial charge < -0.3 is 20.0 Å². The summed E-state index contributed by atoms with van der Waals surface area (Å²) >= 11 is 12.0. The Morgan fingerprint density at radius 1 is 1.04 bits per heavy atom. The maximum Gasteiger partial charge on any atom is 0.148 e. The monoisotopic (exact) mass is 379 g/mol. The van der Waals surface area contributed by atoms with Crippen molar-refractivity contribution in [3.05, 3.63) is 63.6 Å². The Balaban J connectivity index is 1.82. The Labute approximate surface area is 156 Å². The van der Waals surface area contributed by atoms with Crippen molar-refractivity contribution in [1.29, 1.82) is 0 Å². The molecule has 0 bridgehead atoms. The molecule has 2 aromatic carbocycles. The molecule has 0 spiro atoms. The van der Waals surface area contributed by atoms with Gasteiger partial charge in [0.2, 0.25) is 0 Å². The molecular formula is C19H19Cl2NO3. The number of halogens is 2. The Hall–Kier alpha value is -1.59. The van der Waals surface area contributed by atoms with E-state index in [1.54, 1.807) is 30.3 Å². The number of carbonyl (C=O) groups excluding carboxylic acids is 1. The molecule has 6 heteroatoms. The average Bonchev–Trinajstić information content (AvgIpc) is 2.65. The van der Waals surface area contributed by atoms with Crippen molar-refractivity contribution < 1.29 is 14.3 Å². The number of aldehydes is 1. The van der Waals surface area contributed by atoms with E-state index in [-0.39, 0.29) is 6.10 Å². The second-order valence-corrected chi connectivity index (χ2v) is 6.88. The molecule has 0 aromatic heterocycles.